The zero-order chi connectivity index (χ0) is 9.52. The number of carbonyl (C=O) groups is 2. The Morgan fingerprint density at radius 3 is 2.17 bits per heavy atom. The van der Waals surface area contributed by atoms with Gasteiger partial charge in [0.2, 0.25) is 5.91 Å². The van der Waals surface area contributed by atoms with Crippen molar-refractivity contribution in [1.29, 1.82) is 0 Å². The summed E-state index contributed by atoms with van der Waals surface area (Å²) < 4.78 is 0. The third-order valence-electron chi connectivity index (χ3n) is 2.30. The number of nitrogens with zero attached hydrogens (tertiary/aromatic N) is 1. The maximum atomic E-state index is 11.4. The van der Waals surface area contributed by atoms with Gasteiger partial charge in [-0.05, 0) is 20.8 Å². The standard InChI is InChI=1S/C8H13NO3/c1-4-9-6(11)5(10)8(2,3)7(9)12/h5,10H,4H2,1-3H3/t5-/m1/s1. The van der Waals surface area contributed by atoms with Crippen molar-refractivity contribution in [2.75, 3.05) is 6.54 Å². The Bertz CT molecular complexity index is 234. The van der Waals surface area contributed by atoms with E-state index >= 15 is 0 Å². The van der Waals surface area contributed by atoms with Crippen molar-refractivity contribution in [2.45, 2.75) is 26.9 Å². The van der Waals surface area contributed by atoms with Crippen molar-refractivity contribution in [3.05, 3.63) is 0 Å². The van der Waals surface area contributed by atoms with E-state index < -0.39 is 17.4 Å². The quantitative estimate of drug-likeness (QED) is 0.554. The summed E-state index contributed by atoms with van der Waals surface area (Å²) in [4.78, 5) is 23.7. The fourth-order valence-corrected chi connectivity index (χ4v) is 1.32. The second kappa shape index (κ2) is 2.55. The Hall–Kier alpha value is -0.900. The molecular formula is C8H13NO3. The maximum Gasteiger partial charge on any atom is 0.259 e. The van der Waals surface area contributed by atoms with Crippen LogP contribution in [0.1, 0.15) is 20.8 Å². The lowest BCUT2D eigenvalue weighted by atomic mass is 9.89. The second-order valence-corrected chi connectivity index (χ2v) is 3.51. The molecule has 0 aromatic heterocycles. The van der Waals surface area contributed by atoms with Gasteiger partial charge in [0.25, 0.3) is 5.91 Å². The molecule has 0 aliphatic carbocycles. The van der Waals surface area contributed by atoms with Gasteiger partial charge in [-0.25, -0.2) is 0 Å². The fourth-order valence-electron chi connectivity index (χ4n) is 1.32. The van der Waals surface area contributed by atoms with Gasteiger partial charge in [-0.3, -0.25) is 14.5 Å². The van der Waals surface area contributed by atoms with E-state index in [1.54, 1.807) is 20.8 Å². The SMILES string of the molecule is CCN1C(=O)[C@@H](O)C(C)(C)C1=O. The molecule has 1 atom stereocenters. The van der Waals surface area contributed by atoms with E-state index in [-0.39, 0.29) is 5.91 Å². The first kappa shape index (κ1) is 9.19. The molecule has 4 heteroatoms. The van der Waals surface area contributed by atoms with Crippen LogP contribution in [0.25, 0.3) is 0 Å². The van der Waals surface area contributed by atoms with Crippen molar-refractivity contribution in [1.82, 2.24) is 4.90 Å². The molecule has 0 bridgehead atoms. The van der Waals surface area contributed by atoms with Gasteiger partial charge in [-0.15, -0.1) is 0 Å². The van der Waals surface area contributed by atoms with Crippen molar-refractivity contribution in [3.63, 3.8) is 0 Å². The van der Waals surface area contributed by atoms with Crippen LogP contribution in [0.2, 0.25) is 0 Å². The molecule has 1 rings (SSSR count). The van der Waals surface area contributed by atoms with E-state index in [0.29, 0.717) is 6.54 Å². The average Bonchev–Trinajstić information content (AvgIpc) is 2.15. The van der Waals surface area contributed by atoms with Crippen molar-refractivity contribution in [2.24, 2.45) is 5.41 Å². The highest BCUT2D eigenvalue weighted by Gasteiger charge is 2.52. The number of likely N-dealkylation sites (tertiary alicyclic amines) is 1. The largest absolute Gasteiger partial charge is 0.382 e. The molecule has 1 fully saturated rings. The monoisotopic (exact) mass is 171 g/mol. The van der Waals surface area contributed by atoms with Crippen LogP contribution in [0.4, 0.5) is 0 Å². The number of hydrogen-bond donors (Lipinski definition) is 1. The summed E-state index contributed by atoms with van der Waals surface area (Å²) in [7, 11) is 0. The van der Waals surface area contributed by atoms with Crippen molar-refractivity contribution in [3.8, 4) is 0 Å². The third-order valence-corrected chi connectivity index (χ3v) is 2.30. The molecule has 1 heterocycles. The molecule has 4 nitrogen and oxygen atoms in total. The Labute approximate surface area is 71.2 Å². The predicted octanol–water partition coefficient (Wildman–Crippen LogP) is -0.238. The highest BCUT2D eigenvalue weighted by atomic mass is 16.3. The summed E-state index contributed by atoms with van der Waals surface area (Å²) in [5.74, 6) is -0.769. The van der Waals surface area contributed by atoms with Crippen LogP contribution in [0.5, 0.6) is 0 Å². The van der Waals surface area contributed by atoms with Crippen LogP contribution < -0.4 is 0 Å². The minimum absolute atomic E-state index is 0.289. The summed E-state index contributed by atoms with van der Waals surface area (Å²) in [6, 6.07) is 0. The molecule has 2 amide bonds. The first-order valence-electron chi connectivity index (χ1n) is 3.96. The van der Waals surface area contributed by atoms with E-state index in [1.165, 1.54) is 0 Å². The molecule has 0 spiro atoms. The molecule has 68 valence electrons. The third kappa shape index (κ3) is 0.948. The molecule has 1 aliphatic rings. The molecule has 1 aliphatic heterocycles. The topological polar surface area (TPSA) is 57.6 Å². The molecule has 0 unspecified atom stereocenters. The summed E-state index contributed by atoms with van der Waals surface area (Å²) in [6.07, 6.45) is -1.18. The van der Waals surface area contributed by atoms with Gasteiger partial charge in [0.05, 0.1) is 5.41 Å². The van der Waals surface area contributed by atoms with Gasteiger partial charge in [-0.2, -0.15) is 0 Å². The number of rotatable bonds is 1. The minimum Gasteiger partial charge on any atom is -0.382 e. The molecule has 1 saturated heterocycles. The summed E-state index contributed by atoms with van der Waals surface area (Å²) >= 11 is 0. The summed E-state index contributed by atoms with van der Waals surface area (Å²) in [5.41, 5.74) is -0.951. The molecular weight excluding hydrogens is 158 g/mol. The number of carbonyl (C=O) groups excluding carboxylic acids is 2. The van der Waals surface area contributed by atoms with Crippen LogP contribution >= 0.6 is 0 Å². The zero-order valence-electron chi connectivity index (χ0n) is 7.50. The van der Waals surface area contributed by atoms with E-state index in [9.17, 15) is 14.7 Å². The Morgan fingerprint density at radius 1 is 1.50 bits per heavy atom. The van der Waals surface area contributed by atoms with Crippen LogP contribution in [0.15, 0.2) is 0 Å². The number of aliphatic hydroxyl groups excluding tert-OH is 1. The average molecular weight is 171 g/mol. The smallest absolute Gasteiger partial charge is 0.259 e. The van der Waals surface area contributed by atoms with E-state index in [2.05, 4.69) is 0 Å². The van der Waals surface area contributed by atoms with Gasteiger partial charge in [0.15, 0.2) is 0 Å². The first-order valence-corrected chi connectivity index (χ1v) is 3.96. The van der Waals surface area contributed by atoms with E-state index in [4.69, 9.17) is 0 Å². The van der Waals surface area contributed by atoms with Crippen molar-refractivity contribution < 1.29 is 14.7 Å². The number of aliphatic hydroxyl groups is 1. The van der Waals surface area contributed by atoms with Gasteiger partial charge < -0.3 is 5.11 Å². The summed E-state index contributed by atoms with van der Waals surface area (Å²) in [6.45, 7) is 5.20. The lowest BCUT2D eigenvalue weighted by Gasteiger charge is -2.16. The predicted molar refractivity (Wildman–Crippen MR) is 42.2 cm³/mol. The van der Waals surface area contributed by atoms with Gasteiger partial charge in [0, 0.05) is 6.54 Å². The number of amides is 2. The Kier molecular flexibility index (Phi) is 1.96. The lowest BCUT2D eigenvalue weighted by molar-refractivity contribution is -0.141. The number of hydrogen-bond acceptors (Lipinski definition) is 3. The van der Waals surface area contributed by atoms with Crippen LogP contribution in [0, 0.1) is 5.41 Å². The highest BCUT2D eigenvalue weighted by molar-refractivity contribution is 6.08. The van der Waals surface area contributed by atoms with Crippen LogP contribution in [-0.2, 0) is 9.59 Å². The molecule has 1 N–H and O–H groups in total. The molecule has 12 heavy (non-hydrogen) atoms. The normalized spacial score (nSPS) is 28.3. The van der Waals surface area contributed by atoms with Crippen molar-refractivity contribution >= 4 is 11.8 Å². The summed E-state index contributed by atoms with van der Waals surface area (Å²) in [5, 5.41) is 9.39. The first-order chi connectivity index (χ1) is 5.42. The maximum absolute atomic E-state index is 11.4. The molecule has 0 radical (unpaired) electrons. The molecule has 0 saturated carbocycles. The molecule has 0 aromatic rings. The Morgan fingerprint density at radius 2 is 2.00 bits per heavy atom. The highest BCUT2D eigenvalue weighted by Crippen LogP contribution is 2.31. The zero-order valence-corrected chi connectivity index (χ0v) is 7.50. The second-order valence-electron chi connectivity index (χ2n) is 3.51. The van der Waals surface area contributed by atoms with Crippen LogP contribution in [0.3, 0.4) is 0 Å². The number of imide groups is 1. The fraction of sp³-hybridized carbons (Fsp3) is 0.750. The van der Waals surface area contributed by atoms with Gasteiger partial charge in [-0.1, -0.05) is 0 Å². The van der Waals surface area contributed by atoms with Crippen LogP contribution in [-0.4, -0.2) is 34.5 Å². The number of likely N-dealkylation sites (N-methyl/N-ethyl adjacent to an activating group) is 1. The van der Waals surface area contributed by atoms with Gasteiger partial charge >= 0.3 is 0 Å². The van der Waals surface area contributed by atoms with Gasteiger partial charge in [0.1, 0.15) is 6.10 Å². The Balaban J connectivity index is 3.02. The van der Waals surface area contributed by atoms with E-state index in [0.717, 1.165) is 4.90 Å². The van der Waals surface area contributed by atoms with E-state index in [1.807, 2.05) is 0 Å². The lowest BCUT2D eigenvalue weighted by Crippen LogP contribution is -2.32. The molecule has 0 aromatic carbocycles. The minimum atomic E-state index is -1.18.